The summed E-state index contributed by atoms with van der Waals surface area (Å²) in [5.74, 6) is 0. The number of nitrogens with zero attached hydrogens (tertiary/aromatic N) is 2. The largest absolute Gasteiger partial charge is 0.331 e. The minimum atomic E-state index is -3.47. The number of rotatable bonds is 6. The van der Waals surface area contributed by atoms with E-state index in [4.69, 9.17) is 0 Å². The molecule has 0 aromatic heterocycles. The summed E-state index contributed by atoms with van der Waals surface area (Å²) in [5.41, 5.74) is 3.36. The lowest BCUT2D eigenvalue weighted by Gasteiger charge is -2.30. The molecule has 156 valence electrons. The summed E-state index contributed by atoms with van der Waals surface area (Å²) in [6, 6.07) is 14.6. The summed E-state index contributed by atoms with van der Waals surface area (Å²) < 4.78 is 26.7. The molecule has 1 atom stereocenters. The first-order chi connectivity index (χ1) is 13.9. The molecule has 0 saturated heterocycles. The molecule has 6 nitrogen and oxygen atoms in total. The number of carbonyl (C=O) groups excluding carboxylic acids is 1. The van der Waals surface area contributed by atoms with E-state index < -0.39 is 10.0 Å². The summed E-state index contributed by atoms with van der Waals surface area (Å²) in [7, 11) is -3.47. The van der Waals surface area contributed by atoms with Gasteiger partial charge in [0, 0.05) is 26.2 Å². The SMILES string of the molecule is CCN(CC)S(=O)(=O)c1ccc(C(C)NC(=O)N2CCc3ccccc3C2)cc1. The standard InChI is InChI=1S/C22H29N3O3S/c1-4-25(5-2)29(27,28)21-12-10-18(11-13-21)17(3)23-22(26)24-15-14-19-8-6-7-9-20(19)16-24/h6-13,17H,4-5,14-16H2,1-3H3,(H,23,26). The third kappa shape index (κ3) is 4.62. The van der Waals surface area contributed by atoms with Crippen LogP contribution in [0, 0.1) is 0 Å². The molecule has 0 radical (unpaired) electrons. The lowest BCUT2D eigenvalue weighted by atomic mass is 10.0. The van der Waals surface area contributed by atoms with Crippen molar-refractivity contribution in [2.24, 2.45) is 0 Å². The molecular weight excluding hydrogens is 386 g/mol. The third-order valence-corrected chi connectivity index (χ3v) is 7.55. The number of sulfonamides is 1. The molecule has 1 aliphatic rings. The zero-order valence-electron chi connectivity index (χ0n) is 17.3. The zero-order valence-corrected chi connectivity index (χ0v) is 18.1. The van der Waals surface area contributed by atoms with Crippen LogP contribution in [0.3, 0.4) is 0 Å². The van der Waals surface area contributed by atoms with Gasteiger partial charge in [-0.3, -0.25) is 0 Å². The van der Waals surface area contributed by atoms with E-state index in [0.29, 0.717) is 26.2 Å². The van der Waals surface area contributed by atoms with E-state index in [1.165, 1.54) is 15.4 Å². The van der Waals surface area contributed by atoms with Crippen LogP contribution in [0.15, 0.2) is 53.4 Å². The van der Waals surface area contributed by atoms with Crippen LogP contribution < -0.4 is 5.32 Å². The van der Waals surface area contributed by atoms with Crippen molar-refractivity contribution in [2.45, 2.75) is 44.7 Å². The molecule has 2 amide bonds. The molecular formula is C22H29N3O3S. The van der Waals surface area contributed by atoms with Gasteiger partial charge >= 0.3 is 6.03 Å². The van der Waals surface area contributed by atoms with Crippen molar-refractivity contribution in [3.05, 3.63) is 65.2 Å². The van der Waals surface area contributed by atoms with Crippen LogP contribution in [0.25, 0.3) is 0 Å². The number of urea groups is 1. The average Bonchev–Trinajstić information content (AvgIpc) is 2.74. The van der Waals surface area contributed by atoms with E-state index in [1.807, 2.05) is 37.8 Å². The van der Waals surface area contributed by atoms with Crippen molar-refractivity contribution in [1.29, 1.82) is 0 Å². The smallest absolute Gasteiger partial charge is 0.318 e. The normalized spacial score (nSPS) is 15.1. The van der Waals surface area contributed by atoms with Crippen LogP contribution in [-0.2, 0) is 23.0 Å². The lowest BCUT2D eigenvalue weighted by Crippen LogP contribution is -2.43. The van der Waals surface area contributed by atoms with E-state index in [2.05, 4.69) is 17.4 Å². The Labute approximate surface area is 173 Å². The topological polar surface area (TPSA) is 69.7 Å². The monoisotopic (exact) mass is 415 g/mol. The Bertz CT molecular complexity index is 954. The maximum absolute atomic E-state index is 12.7. The van der Waals surface area contributed by atoms with E-state index in [9.17, 15) is 13.2 Å². The summed E-state index contributed by atoms with van der Waals surface area (Å²) in [5, 5.41) is 3.03. The molecule has 0 aliphatic carbocycles. The molecule has 1 heterocycles. The lowest BCUT2D eigenvalue weighted by molar-refractivity contribution is 0.189. The fourth-order valence-corrected chi connectivity index (χ4v) is 5.13. The molecule has 0 spiro atoms. The summed E-state index contributed by atoms with van der Waals surface area (Å²) in [4.78, 5) is 14.8. The predicted molar refractivity (Wildman–Crippen MR) is 114 cm³/mol. The number of fused-ring (bicyclic) bond motifs is 1. The first-order valence-electron chi connectivity index (χ1n) is 10.1. The molecule has 0 bridgehead atoms. The van der Waals surface area contributed by atoms with Gasteiger partial charge in [-0.2, -0.15) is 4.31 Å². The second-order valence-electron chi connectivity index (χ2n) is 7.27. The molecule has 0 fully saturated rings. The number of benzene rings is 2. The van der Waals surface area contributed by atoms with E-state index >= 15 is 0 Å². The van der Waals surface area contributed by atoms with Gasteiger partial charge in [-0.15, -0.1) is 0 Å². The molecule has 2 aromatic rings. The van der Waals surface area contributed by atoms with Crippen LogP contribution in [0.2, 0.25) is 0 Å². The highest BCUT2D eigenvalue weighted by Gasteiger charge is 2.23. The Morgan fingerprint density at radius 3 is 2.31 bits per heavy atom. The van der Waals surface area contributed by atoms with Gasteiger partial charge in [-0.1, -0.05) is 50.2 Å². The second-order valence-corrected chi connectivity index (χ2v) is 9.21. The quantitative estimate of drug-likeness (QED) is 0.784. The van der Waals surface area contributed by atoms with Crippen molar-refractivity contribution in [3.63, 3.8) is 0 Å². The maximum Gasteiger partial charge on any atom is 0.318 e. The van der Waals surface area contributed by atoms with Gasteiger partial charge in [0.25, 0.3) is 0 Å². The van der Waals surface area contributed by atoms with Gasteiger partial charge < -0.3 is 10.2 Å². The van der Waals surface area contributed by atoms with Gasteiger partial charge in [-0.05, 0) is 42.2 Å². The molecule has 2 aromatic carbocycles. The third-order valence-electron chi connectivity index (χ3n) is 5.48. The van der Waals surface area contributed by atoms with Crippen molar-refractivity contribution in [2.75, 3.05) is 19.6 Å². The van der Waals surface area contributed by atoms with E-state index in [0.717, 1.165) is 12.0 Å². The van der Waals surface area contributed by atoms with Crippen LogP contribution in [0.5, 0.6) is 0 Å². The van der Waals surface area contributed by atoms with Crippen molar-refractivity contribution in [1.82, 2.24) is 14.5 Å². The van der Waals surface area contributed by atoms with Crippen molar-refractivity contribution in [3.8, 4) is 0 Å². The minimum Gasteiger partial charge on any atom is -0.331 e. The average molecular weight is 416 g/mol. The number of hydrogen-bond acceptors (Lipinski definition) is 3. The second kappa shape index (κ2) is 8.97. The molecule has 0 saturated carbocycles. The highest BCUT2D eigenvalue weighted by Crippen LogP contribution is 2.21. The Morgan fingerprint density at radius 2 is 1.69 bits per heavy atom. The van der Waals surface area contributed by atoms with Crippen molar-refractivity contribution >= 4 is 16.1 Å². The fourth-order valence-electron chi connectivity index (χ4n) is 3.67. The van der Waals surface area contributed by atoms with Crippen LogP contribution in [-0.4, -0.2) is 43.3 Å². The predicted octanol–water partition coefficient (Wildman–Crippen LogP) is 3.55. The van der Waals surface area contributed by atoms with Gasteiger partial charge in [0.2, 0.25) is 10.0 Å². The Morgan fingerprint density at radius 1 is 1.07 bits per heavy atom. The number of nitrogens with one attached hydrogen (secondary N) is 1. The Hall–Kier alpha value is -2.38. The molecule has 3 rings (SSSR count). The molecule has 1 N–H and O–H groups in total. The first-order valence-corrected chi connectivity index (χ1v) is 11.5. The Kier molecular flexibility index (Phi) is 6.59. The van der Waals surface area contributed by atoms with E-state index in [1.54, 1.807) is 24.3 Å². The summed E-state index contributed by atoms with van der Waals surface area (Å²) in [6.45, 7) is 7.73. The molecule has 29 heavy (non-hydrogen) atoms. The van der Waals surface area contributed by atoms with Crippen LogP contribution >= 0.6 is 0 Å². The fraction of sp³-hybridized carbons (Fsp3) is 0.409. The molecule has 7 heteroatoms. The van der Waals surface area contributed by atoms with Crippen LogP contribution in [0.1, 0.15) is 43.5 Å². The Balaban J connectivity index is 1.65. The number of carbonyl (C=O) groups is 1. The van der Waals surface area contributed by atoms with Crippen LogP contribution in [0.4, 0.5) is 4.79 Å². The first kappa shape index (κ1) is 21.3. The van der Waals surface area contributed by atoms with E-state index in [-0.39, 0.29) is 17.0 Å². The highest BCUT2D eigenvalue weighted by atomic mass is 32.2. The summed E-state index contributed by atoms with van der Waals surface area (Å²) >= 11 is 0. The molecule has 1 aliphatic heterocycles. The number of hydrogen-bond donors (Lipinski definition) is 1. The minimum absolute atomic E-state index is 0.105. The number of amides is 2. The molecule has 1 unspecified atom stereocenters. The van der Waals surface area contributed by atoms with Crippen molar-refractivity contribution < 1.29 is 13.2 Å². The van der Waals surface area contributed by atoms with Gasteiger partial charge in [-0.25, -0.2) is 13.2 Å². The van der Waals surface area contributed by atoms with Gasteiger partial charge in [0.1, 0.15) is 0 Å². The summed E-state index contributed by atoms with van der Waals surface area (Å²) in [6.07, 6.45) is 0.857. The zero-order chi connectivity index (χ0) is 21.0. The van der Waals surface area contributed by atoms with Gasteiger partial charge in [0.05, 0.1) is 10.9 Å². The highest BCUT2D eigenvalue weighted by molar-refractivity contribution is 7.89. The maximum atomic E-state index is 12.7. The van der Waals surface area contributed by atoms with Gasteiger partial charge in [0.15, 0.2) is 0 Å².